The minimum Gasteiger partial charge on any atom is -0.481 e. The molecule has 0 aliphatic heterocycles. The van der Waals surface area contributed by atoms with E-state index >= 15 is 0 Å². The highest BCUT2D eigenvalue weighted by Crippen LogP contribution is 2.52. The van der Waals surface area contributed by atoms with Crippen LogP contribution >= 0.6 is 0 Å². The summed E-state index contributed by atoms with van der Waals surface area (Å²) in [6, 6.07) is 0. The fourth-order valence-corrected chi connectivity index (χ4v) is 2.00. The number of aliphatic hydroxyl groups excluding tert-OH is 1. The summed E-state index contributed by atoms with van der Waals surface area (Å²) in [6.07, 6.45) is 1.11. The van der Waals surface area contributed by atoms with E-state index in [1.807, 2.05) is 0 Å². The number of rotatable bonds is 2. The standard InChI is InChI=1S/C10H18O.C2H4O2/c1-7(2)9-5-10(4,6-11)8(9)3;1-2(3)4/h8-9,11H,1,5-6H2,2-4H3;1H3,(H,3,4). The van der Waals surface area contributed by atoms with E-state index < -0.39 is 5.97 Å². The monoisotopic (exact) mass is 214 g/mol. The molecule has 0 spiro atoms. The highest BCUT2D eigenvalue weighted by Gasteiger charge is 2.47. The fraction of sp³-hybridized carbons (Fsp3) is 0.750. The molecule has 1 aliphatic carbocycles. The van der Waals surface area contributed by atoms with Crippen molar-refractivity contribution in [2.75, 3.05) is 6.61 Å². The predicted octanol–water partition coefficient (Wildman–Crippen LogP) is 2.31. The Bertz CT molecular complexity index is 243. The lowest BCUT2D eigenvalue weighted by Crippen LogP contribution is -2.47. The average molecular weight is 214 g/mol. The molecule has 0 aromatic heterocycles. The summed E-state index contributed by atoms with van der Waals surface area (Å²) in [5.41, 5.74) is 1.44. The Morgan fingerprint density at radius 1 is 1.53 bits per heavy atom. The minimum atomic E-state index is -0.833. The van der Waals surface area contributed by atoms with E-state index in [9.17, 15) is 0 Å². The summed E-state index contributed by atoms with van der Waals surface area (Å²) in [4.78, 5) is 9.00. The first-order chi connectivity index (χ1) is 6.74. The molecule has 0 amide bonds. The van der Waals surface area contributed by atoms with Gasteiger partial charge < -0.3 is 10.2 Å². The second-order valence-electron chi connectivity index (χ2n) is 4.78. The van der Waals surface area contributed by atoms with Gasteiger partial charge in [-0.15, -0.1) is 0 Å². The normalized spacial score (nSPS) is 33.4. The highest BCUT2D eigenvalue weighted by molar-refractivity contribution is 5.62. The van der Waals surface area contributed by atoms with Crippen LogP contribution in [0.1, 0.15) is 34.1 Å². The Morgan fingerprint density at radius 3 is 2.13 bits per heavy atom. The van der Waals surface area contributed by atoms with Gasteiger partial charge in [0.2, 0.25) is 0 Å². The number of allylic oxidation sites excluding steroid dienone is 1. The van der Waals surface area contributed by atoms with E-state index in [0.29, 0.717) is 18.4 Å². The summed E-state index contributed by atoms with van der Waals surface area (Å²) in [6.45, 7) is 11.8. The molecule has 1 aliphatic rings. The maximum atomic E-state index is 9.09. The van der Waals surface area contributed by atoms with Gasteiger partial charge in [0.1, 0.15) is 0 Å². The molecule has 0 bridgehead atoms. The molecule has 1 fully saturated rings. The Balaban J connectivity index is 0.000000423. The molecule has 1 rings (SSSR count). The minimum absolute atomic E-state index is 0.170. The topological polar surface area (TPSA) is 57.5 Å². The number of aliphatic carboxylic acids is 1. The average Bonchev–Trinajstić information content (AvgIpc) is 2.11. The summed E-state index contributed by atoms with van der Waals surface area (Å²) >= 11 is 0. The van der Waals surface area contributed by atoms with Gasteiger partial charge in [0.15, 0.2) is 0 Å². The van der Waals surface area contributed by atoms with Crippen LogP contribution < -0.4 is 0 Å². The molecule has 0 radical (unpaired) electrons. The van der Waals surface area contributed by atoms with Gasteiger partial charge in [-0.1, -0.05) is 26.0 Å². The first kappa shape index (κ1) is 14.2. The number of carbonyl (C=O) groups is 1. The van der Waals surface area contributed by atoms with Crippen molar-refractivity contribution < 1.29 is 15.0 Å². The maximum absolute atomic E-state index is 9.09. The molecule has 0 saturated heterocycles. The Morgan fingerprint density at radius 2 is 1.93 bits per heavy atom. The SMILES string of the molecule is C=C(C)C1CC(C)(CO)C1C.CC(=O)O. The van der Waals surface area contributed by atoms with Crippen molar-refractivity contribution in [3.05, 3.63) is 12.2 Å². The zero-order valence-electron chi connectivity index (χ0n) is 10.1. The van der Waals surface area contributed by atoms with Crippen LogP contribution in [0, 0.1) is 17.3 Å². The first-order valence-electron chi connectivity index (χ1n) is 5.20. The van der Waals surface area contributed by atoms with Crippen molar-refractivity contribution in [1.29, 1.82) is 0 Å². The largest absolute Gasteiger partial charge is 0.481 e. The molecule has 3 atom stereocenters. The van der Waals surface area contributed by atoms with Crippen molar-refractivity contribution in [3.8, 4) is 0 Å². The lowest BCUT2D eigenvalue weighted by Gasteiger charge is -2.51. The third-order valence-electron chi connectivity index (χ3n) is 3.38. The molecule has 15 heavy (non-hydrogen) atoms. The molecule has 3 heteroatoms. The molecule has 0 aromatic carbocycles. The van der Waals surface area contributed by atoms with E-state index in [1.165, 1.54) is 5.57 Å². The Kier molecular flexibility index (Phi) is 5.01. The third kappa shape index (κ3) is 3.67. The van der Waals surface area contributed by atoms with Crippen LogP contribution in [-0.2, 0) is 4.79 Å². The summed E-state index contributed by atoms with van der Waals surface area (Å²) in [5.74, 6) is 0.414. The summed E-state index contributed by atoms with van der Waals surface area (Å²) in [5, 5.41) is 16.5. The summed E-state index contributed by atoms with van der Waals surface area (Å²) < 4.78 is 0. The Hall–Kier alpha value is -0.830. The second kappa shape index (κ2) is 5.31. The fourth-order valence-electron chi connectivity index (χ4n) is 2.00. The van der Waals surface area contributed by atoms with E-state index in [2.05, 4.69) is 27.4 Å². The van der Waals surface area contributed by atoms with Crippen molar-refractivity contribution in [2.24, 2.45) is 17.3 Å². The zero-order chi connectivity index (χ0) is 12.2. The van der Waals surface area contributed by atoms with E-state index in [1.54, 1.807) is 0 Å². The maximum Gasteiger partial charge on any atom is 0.300 e. The summed E-state index contributed by atoms with van der Waals surface area (Å²) in [7, 11) is 0. The molecular weight excluding hydrogens is 192 g/mol. The number of hydrogen-bond acceptors (Lipinski definition) is 2. The van der Waals surface area contributed by atoms with Gasteiger partial charge in [0, 0.05) is 13.5 Å². The van der Waals surface area contributed by atoms with E-state index in [-0.39, 0.29) is 5.41 Å². The molecule has 88 valence electrons. The first-order valence-corrected chi connectivity index (χ1v) is 5.20. The van der Waals surface area contributed by atoms with Crippen LogP contribution in [0.4, 0.5) is 0 Å². The van der Waals surface area contributed by atoms with Crippen molar-refractivity contribution in [2.45, 2.75) is 34.1 Å². The number of aliphatic hydroxyl groups is 1. The van der Waals surface area contributed by atoms with Crippen LogP contribution in [0.15, 0.2) is 12.2 Å². The van der Waals surface area contributed by atoms with Crippen LogP contribution in [0.3, 0.4) is 0 Å². The number of carboxylic acid groups (broad SMARTS) is 1. The second-order valence-corrected chi connectivity index (χ2v) is 4.78. The Labute approximate surface area is 91.8 Å². The molecule has 1 saturated carbocycles. The highest BCUT2D eigenvalue weighted by atomic mass is 16.4. The van der Waals surface area contributed by atoms with Crippen molar-refractivity contribution in [3.63, 3.8) is 0 Å². The molecule has 2 N–H and O–H groups in total. The number of hydrogen-bond donors (Lipinski definition) is 2. The zero-order valence-corrected chi connectivity index (χ0v) is 10.1. The van der Waals surface area contributed by atoms with Gasteiger partial charge >= 0.3 is 0 Å². The molecular formula is C12H22O3. The quantitative estimate of drug-likeness (QED) is 0.693. The van der Waals surface area contributed by atoms with Crippen molar-refractivity contribution >= 4 is 5.97 Å². The van der Waals surface area contributed by atoms with Gasteiger partial charge in [-0.25, -0.2) is 0 Å². The molecule has 0 heterocycles. The predicted molar refractivity (Wildman–Crippen MR) is 60.6 cm³/mol. The number of carboxylic acids is 1. The van der Waals surface area contributed by atoms with Gasteiger partial charge in [0.05, 0.1) is 0 Å². The van der Waals surface area contributed by atoms with E-state index in [0.717, 1.165) is 13.3 Å². The smallest absolute Gasteiger partial charge is 0.300 e. The van der Waals surface area contributed by atoms with Crippen LogP contribution in [0.5, 0.6) is 0 Å². The van der Waals surface area contributed by atoms with E-state index in [4.69, 9.17) is 15.0 Å². The molecule has 3 nitrogen and oxygen atoms in total. The van der Waals surface area contributed by atoms with Gasteiger partial charge in [-0.3, -0.25) is 4.79 Å². The lowest BCUT2D eigenvalue weighted by atomic mass is 9.54. The van der Waals surface area contributed by atoms with Gasteiger partial charge in [-0.2, -0.15) is 0 Å². The molecule has 0 aromatic rings. The van der Waals surface area contributed by atoms with Crippen LogP contribution in [-0.4, -0.2) is 22.8 Å². The van der Waals surface area contributed by atoms with Gasteiger partial charge in [-0.05, 0) is 30.6 Å². The van der Waals surface area contributed by atoms with Gasteiger partial charge in [0.25, 0.3) is 5.97 Å². The molecule has 3 unspecified atom stereocenters. The van der Waals surface area contributed by atoms with Crippen molar-refractivity contribution in [1.82, 2.24) is 0 Å². The third-order valence-corrected chi connectivity index (χ3v) is 3.38. The van der Waals surface area contributed by atoms with Crippen LogP contribution in [0.25, 0.3) is 0 Å². The lowest BCUT2D eigenvalue weighted by molar-refractivity contribution is -0.134. The van der Waals surface area contributed by atoms with Crippen LogP contribution in [0.2, 0.25) is 0 Å².